The zero-order valence-electron chi connectivity index (χ0n) is 6.14. The molecule has 0 aromatic carbocycles. The Morgan fingerprint density at radius 3 is 2.36 bits per heavy atom. The van der Waals surface area contributed by atoms with E-state index in [0.717, 1.165) is 7.11 Å². The molecule has 0 saturated heterocycles. The Labute approximate surface area is 63.8 Å². The summed E-state index contributed by atoms with van der Waals surface area (Å²) in [6.45, 7) is 1.22. The summed E-state index contributed by atoms with van der Waals surface area (Å²) in [6, 6.07) is 0. The quantitative estimate of drug-likeness (QED) is 0.495. The molecule has 0 spiro atoms. The molecule has 0 rings (SSSR count). The van der Waals surface area contributed by atoms with Crippen LogP contribution in [0.2, 0.25) is 0 Å². The largest absolute Gasteiger partial charge is 0.478 e. The highest BCUT2D eigenvalue weighted by atomic mass is 31.2. The number of aliphatic carboxylic acids is 1. The maximum absolute atomic E-state index is 10.8. The van der Waals surface area contributed by atoms with Gasteiger partial charge in [0.05, 0.1) is 0 Å². The summed E-state index contributed by atoms with van der Waals surface area (Å²) in [5.41, 5.74) is 0. The monoisotopic (exact) mass is 180 g/mol. The van der Waals surface area contributed by atoms with E-state index in [2.05, 4.69) is 4.52 Å². The van der Waals surface area contributed by atoms with E-state index in [9.17, 15) is 9.36 Å². The summed E-state index contributed by atoms with van der Waals surface area (Å²) in [5, 5.41) is 7.99. The third kappa shape index (κ3) is 3.32. The maximum Gasteiger partial charge on any atom is 0.354 e. The predicted molar refractivity (Wildman–Crippen MR) is 38.2 cm³/mol. The van der Waals surface area contributed by atoms with E-state index in [4.69, 9.17) is 10.00 Å². The molecule has 0 fully saturated rings. The second-order valence-electron chi connectivity index (χ2n) is 1.83. The molecule has 0 saturated carbocycles. The predicted octanol–water partition coefficient (Wildman–Crippen LogP) is 0.807. The normalized spacial score (nSPS) is 17.5. The van der Waals surface area contributed by atoms with Gasteiger partial charge in [-0.3, -0.25) is 4.57 Å². The highest BCUT2D eigenvalue weighted by molar-refractivity contribution is 7.57. The molecular formula is C5H9O5P. The SMILES string of the molecule is COP(=O)(O)C(C)=CC(=O)O. The zero-order chi connectivity index (χ0) is 9.07. The van der Waals surface area contributed by atoms with E-state index < -0.39 is 13.6 Å². The number of carbonyl (C=O) groups is 1. The first-order valence-corrected chi connectivity index (χ1v) is 4.28. The Hall–Kier alpha value is -0.640. The van der Waals surface area contributed by atoms with Gasteiger partial charge in [-0.25, -0.2) is 4.79 Å². The zero-order valence-corrected chi connectivity index (χ0v) is 7.04. The Morgan fingerprint density at radius 2 is 2.09 bits per heavy atom. The van der Waals surface area contributed by atoms with Gasteiger partial charge in [0.15, 0.2) is 0 Å². The van der Waals surface area contributed by atoms with Crippen molar-refractivity contribution in [3.8, 4) is 0 Å². The highest BCUT2D eigenvalue weighted by Crippen LogP contribution is 2.49. The minimum atomic E-state index is -3.84. The van der Waals surface area contributed by atoms with Crippen LogP contribution in [0.1, 0.15) is 6.92 Å². The van der Waals surface area contributed by atoms with Gasteiger partial charge >= 0.3 is 13.6 Å². The van der Waals surface area contributed by atoms with Crippen LogP contribution in [0.3, 0.4) is 0 Å². The lowest BCUT2D eigenvalue weighted by Gasteiger charge is -2.06. The molecule has 0 heterocycles. The van der Waals surface area contributed by atoms with E-state index in [0.29, 0.717) is 6.08 Å². The number of hydrogen-bond donors (Lipinski definition) is 2. The molecule has 0 aliphatic carbocycles. The first-order chi connectivity index (χ1) is 4.90. The fourth-order valence-electron chi connectivity index (χ4n) is 0.404. The molecule has 6 heteroatoms. The van der Waals surface area contributed by atoms with Crippen molar-refractivity contribution in [3.05, 3.63) is 11.4 Å². The van der Waals surface area contributed by atoms with Crippen LogP contribution in [-0.2, 0) is 13.9 Å². The second-order valence-corrected chi connectivity index (χ2v) is 3.94. The lowest BCUT2D eigenvalue weighted by atomic mass is 10.5. The molecule has 0 aromatic heterocycles. The Balaban J connectivity index is 4.61. The van der Waals surface area contributed by atoms with Crippen molar-refractivity contribution in [1.29, 1.82) is 0 Å². The van der Waals surface area contributed by atoms with Crippen LogP contribution >= 0.6 is 7.60 Å². The molecule has 0 amide bonds. The number of rotatable bonds is 3. The van der Waals surface area contributed by atoms with Gasteiger partial charge < -0.3 is 14.5 Å². The lowest BCUT2D eigenvalue weighted by molar-refractivity contribution is -0.131. The van der Waals surface area contributed by atoms with Gasteiger partial charge in [-0.1, -0.05) is 0 Å². The third-order valence-corrected chi connectivity index (χ3v) is 2.54. The second kappa shape index (κ2) is 3.67. The highest BCUT2D eigenvalue weighted by Gasteiger charge is 2.20. The van der Waals surface area contributed by atoms with Gasteiger partial charge in [0.2, 0.25) is 0 Å². The van der Waals surface area contributed by atoms with Gasteiger partial charge in [0, 0.05) is 18.5 Å². The smallest absolute Gasteiger partial charge is 0.354 e. The van der Waals surface area contributed by atoms with E-state index in [1.165, 1.54) is 6.92 Å². The molecule has 64 valence electrons. The molecule has 5 nitrogen and oxygen atoms in total. The van der Waals surface area contributed by atoms with Crippen molar-refractivity contribution >= 4 is 13.6 Å². The number of carboxylic acid groups (broad SMARTS) is 1. The van der Waals surface area contributed by atoms with Crippen molar-refractivity contribution in [2.75, 3.05) is 7.11 Å². The van der Waals surface area contributed by atoms with E-state index in [-0.39, 0.29) is 5.31 Å². The number of allylic oxidation sites excluding steroid dienone is 1. The molecule has 0 aromatic rings. The summed E-state index contributed by atoms with van der Waals surface area (Å²) >= 11 is 0. The van der Waals surface area contributed by atoms with Crippen LogP contribution in [0.25, 0.3) is 0 Å². The van der Waals surface area contributed by atoms with Gasteiger partial charge in [0.25, 0.3) is 0 Å². The molecule has 0 bridgehead atoms. The minimum absolute atomic E-state index is 0.187. The lowest BCUT2D eigenvalue weighted by Crippen LogP contribution is -1.92. The molecule has 0 aliphatic rings. The first-order valence-electron chi connectivity index (χ1n) is 2.70. The molecule has 11 heavy (non-hydrogen) atoms. The topological polar surface area (TPSA) is 83.8 Å². The first kappa shape index (κ1) is 10.4. The maximum atomic E-state index is 10.8. The average Bonchev–Trinajstić information content (AvgIpc) is 1.86. The molecule has 1 atom stereocenters. The Kier molecular flexibility index (Phi) is 3.45. The van der Waals surface area contributed by atoms with Crippen LogP contribution in [0.5, 0.6) is 0 Å². The summed E-state index contributed by atoms with van der Waals surface area (Å²) in [4.78, 5) is 18.9. The third-order valence-electron chi connectivity index (χ3n) is 1.03. The van der Waals surface area contributed by atoms with Crippen molar-refractivity contribution in [1.82, 2.24) is 0 Å². The Bertz CT molecular complexity index is 231. The standard InChI is InChI=1S/C5H9O5P/c1-4(3-5(6)7)11(8,9)10-2/h3H,1-2H3,(H,6,7)(H,8,9). The Morgan fingerprint density at radius 1 is 1.64 bits per heavy atom. The van der Waals surface area contributed by atoms with Crippen LogP contribution in [0, 0.1) is 0 Å². The minimum Gasteiger partial charge on any atom is -0.478 e. The van der Waals surface area contributed by atoms with Crippen LogP contribution in [0.4, 0.5) is 0 Å². The molecule has 1 unspecified atom stereocenters. The molecule has 0 aliphatic heterocycles. The number of carboxylic acids is 1. The summed E-state index contributed by atoms with van der Waals surface area (Å²) < 4.78 is 15.0. The average molecular weight is 180 g/mol. The molecule has 2 N–H and O–H groups in total. The van der Waals surface area contributed by atoms with Crippen LogP contribution in [0.15, 0.2) is 11.4 Å². The van der Waals surface area contributed by atoms with Crippen molar-refractivity contribution < 1.29 is 23.9 Å². The van der Waals surface area contributed by atoms with Gasteiger partial charge in [-0.15, -0.1) is 0 Å². The molecular weight excluding hydrogens is 171 g/mol. The number of hydrogen-bond acceptors (Lipinski definition) is 3. The van der Waals surface area contributed by atoms with Gasteiger partial charge in [-0.2, -0.15) is 0 Å². The summed E-state index contributed by atoms with van der Waals surface area (Å²) in [6.07, 6.45) is 0.643. The fourth-order valence-corrected chi connectivity index (χ4v) is 0.966. The summed E-state index contributed by atoms with van der Waals surface area (Å²) in [7, 11) is -2.80. The van der Waals surface area contributed by atoms with Gasteiger partial charge in [-0.05, 0) is 6.92 Å². The van der Waals surface area contributed by atoms with Crippen molar-refractivity contribution in [2.45, 2.75) is 6.92 Å². The fraction of sp³-hybridized carbons (Fsp3) is 0.400. The van der Waals surface area contributed by atoms with Crippen molar-refractivity contribution in [2.24, 2.45) is 0 Å². The van der Waals surface area contributed by atoms with Crippen LogP contribution < -0.4 is 0 Å². The van der Waals surface area contributed by atoms with E-state index >= 15 is 0 Å². The van der Waals surface area contributed by atoms with E-state index in [1.54, 1.807) is 0 Å². The van der Waals surface area contributed by atoms with E-state index in [1.807, 2.05) is 0 Å². The summed E-state index contributed by atoms with van der Waals surface area (Å²) in [5.74, 6) is -1.27. The van der Waals surface area contributed by atoms with Gasteiger partial charge in [0.1, 0.15) is 0 Å². The van der Waals surface area contributed by atoms with Crippen molar-refractivity contribution in [3.63, 3.8) is 0 Å². The van der Waals surface area contributed by atoms with Crippen LogP contribution in [-0.4, -0.2) is 23.1 Å². The molecule has 0 radical (unpaired) electrons.